The van der Waals surface area contributed by atoms with Crippen LogP contribution in [-0.2, 0) is 11.3 Å². The van der Waals surface area contributed by atoms with E-state index in [1.54, 1.807) is 18.3 Å². The minimum Gasteiger partial charge on any atom is -0.350 e. The van der Waals surface area contributed by atoms with Gasteiger partial charge in [0, 0.05) is 11.1 Å². The minimum atomic E-state index is -0.274. The van der Waals surface area contributed by atoms with Crippen LogP contribution in [0.4, 0.5) is 4.39 Å². The molecule has 0 aliphatic carbocycles. The monoisotopic (exact) mass is 276 g/mol. The number of pyridine rings is 1. The quantitative estimate of drug-likeness (QED) is 0.854. The second-order valence-electron chi connectivity index (χ2n) is 3.84. The molecule has 0 spiro atoms. The molecule has 19 heavy (non-hydrogen) atoms. The smallest absolute Gasteiger partial charge is 0.230 e. The van der Waals surface area contributed by atoms with Gasteiger partial charge in [-0.25, -0.2) is 4.39 Å². The number of amides is 1. The molecular formula is C14H13FN2OS. The number of carbonyl (C=O) groups excluding carboxylic acids is 1. The van der Waals surface area contributed by atoms with Crippen LogP contribution in [0.25, 0.3) is 0 Å². The summed E-state index contributed by atoms with van der Waals surface area (Å²) >= 11 is 1.37. The van der Waals surface area contributed by atoms with Gasteiger partial charge in [-0.1, -0.05) is 6.07 Å². The van der Waals surface area contributed by atoms with E-state index in [0.717, 1.165) is 10.6 Å². The van der Waals surface area contributed by atoms with Crippen LogP contribution in [0.3, 0.4) is 0 Å². The molecule has 0 saturated carbocycles. The van der Waals surface area contributed by atoms with Crippen molar-refractivity contribution in [3.8, 4) is 0 Å². The molecule has 98 valence electrons. The van der Waals surface area contributed by atoms with Gasteiger partial charge in [-0.05, 0) is 36.4 Å². The summed E-state index contributed by atoms with van der Waals surface area (Å²) in [5.41, 5.74) is 0.822. The molecule has 0 radical (unpaired) electrons. The summed E-state index contributed by atoms with van der Waals surface area (Å²) in [4.78, 5) is 16.6. The average molecular weight is 276 g/mol. The van der Waals surface area contributed by atoms with E-state index in [0.29, 0.717) is 12.3 Å². The van der Waals surface area contributed by atoms with Crippen molar-refractivity contribution in [2.45, 2.75) is 11.4 Å². The molecule has 0 atom stereocenters. The van der Waals surface area contributed by atoms with Crippen molar-refractivity contribution in [1.82, 2.24) is 10.3 Å². The van der Waals surface area contributed by atoms with Gasteiger partial charge in [0.1, 0.15) is 5.82 Å². The van der Waals surface area contributed by atoms with E-state index in [9.17, 15) is 9.18 Å². The van der Waals surface area contributed by atoms with Gasteiger partial charge in [0.15, 0.2) is 0 Å². The van der Waals surface area contributed by atoms with Crippen LogP contribution >= 0.6 is 11.8 Å². The fourth-order valence-electron chi connectivity index (χ4n) is 1.42. The van der Waals surface area contributed by atoms with Crippen LogP contribution in [-0.4, -0.2) is 16.6 Å². The van der Waals surface area contributed by atoms with Gasteiger partial charge in [0.25, 0.3) is 0 Å². The Labute approximate surface area is 115 Å². The van der Waals surface area contributed by atoms with Gasteiger partial charge in [-0.3, -0.25) is 9.78 Å². The molecule has 3 nitrogen and oxygen atoms in total. The number of nitrogens with zero attached hydrogens (tertiary/aromatic N) is 1. The summed E-state index contributed by atoms with van der Waals surface area (Å²) in [5.74, 6) is -0.0395. The maximum absolute atomic E-state index is 12.7. The summed E-state index contributed by atoms with van der Waals surface area (Å²) in [5, 5.41) is 2.78. The lowest BCUT2D eigenvalue weighted by Gasteiger charge is -2.04. The van der Waals surface area contributed by atoms with Gasteiger partial charge in [-0.15, -0.1) is 11.8 Å². The Morgan fingerprint density at radius 2 is 2.00 bits per heavy atom. The highest BCUT2D eigenvalue weighted by molar-refractivity contribution is 8.00. The standard InChI is InChI=1S/C14H13FN2OS/c15-11-4-6-13(7-5-11)19-10-14(18)17-9-12-3-1-2-8-16-12/h1-8H,9-10H2,(H,17,18). The number of carbonyl (C=O) groups is 1. The molecule has 2 aromatic rings. The van der Waals surface area contributed by atoms with Crippen molar-refractivity contribution in [2.75, 3.05) is 5.75 Å². The van der Waals surface area contributed by atoms with Gasteiger partial charge in [0.2, 0.25) is 5.91 Å². The molecule has 0 saturated heterocycles. The first-order chi connectivity index (χ1) is 9.24. The van der Waals surface area contributed by atoms with E-state index in [4.69, 9.17) is 0 Å². The average Bonchev–Trinajstić information content (AvgIpc) is 2.45. The first kappa shape index (κ1) is 13.5. The van der Waals surface area contributed by atoms with Gasteiger partial charge in [-0.2, -0.15) is 0 Å². The maximum atomic E-state index is 12.7. The number of halogens is 1. The Morgan fingerprint density at radius 3 is 2.68 bits per heavy atom. The lowest BCUT2D eigenvalue weighted by molar-refractivity contribution is -0.118. The zero-order chi connectivity index (χ0) is 13.5. The first-order valence-corrected chi connectivity index (χ1v) is 6.77. The van der Waals surface area contributed by atoms with Crippen LogP contribution in [0.1, 0.15) is 5.69 Å². The van der Waals surface area contributed by atoms with Crippen LogP contribution < -0.4 is 5.32 Å². The summed E-state index contributed by atoms with van der Waals surface area (Å²) in [6.07, 6.45) is 1.69. The van der Waals surface area contributed by atoms with Crippen LogP contribution in [0.15, 0.2) is 53.6 Å². The second kappa shape index (κ2) is 6.89. The normalized spacial score (nSPS) is 10.2. The predicted molar refractivity (Wildman–Crippen MR) is 73.2 cm³/mol. The first-order valence-electron chi connectivity index (χ1n) is 5.79. The summed E-state index contributed by atoms with van der Waals surface area (Å²) in [7, 11) is 0. The van der Waals surface area contributed by atoms with Crippen molar-refractivity contribution < 1.29 is 9.18 Å². The van der Waals surface area contributed by atoms with Gasteiger partial charge < -0.3 is 5.32 Å². The van der Waals surface area contributed by atoms with E-state index in [-0.39, 0.29) is 11.7 Å². The number of aromatic nitrogens is 1. The third-order valence-corrected chi connectivity index (χ3v) is 3.39. The molecule has 5 heteroatoms. The van der Waals surface area contributed by atoms with Crippen molar-refractivity contribution >= 4 is 17.7 Å². The zero-order valence-corrected chi connectivity index (χ0v) is 11.0. The lowest BCUT2D eigenvalue weighted by Crippen LogP contribution is -2.24. The molecule has 0 fully saturated rings. The Bertz CT molecular complexity index is 531. The third kappa shape index (κ3) is 4.71. The molecule has 2 rings (SSSR count). The van der Waals surface area contributed by atoms with Crippen molar-refractivity contribution in [3.05, 3.63) is 60.2 Å². The van der Waals surface area contributed by atoms with E-state index < -0.39 is 0 Å². The lowest BCUT2D eigenvalue weighted by atomic mass is 10.3. The molecule has 1 aromatic heterocycles. The van der Waals surface area contributed by atoms with Crippen LogP contribution in [0.2, 0.25) is 0 Å². The zero-order valence-electron chi connectivity index (χ0n) is 10.2. The van der Waals surface area contributed by atoms with E-state index in [2.05, 4.69) is 10.3 Å². The highest BCUT2D eigenvalue weighted by Crippen LogP contribution is 2.17. The molecule has 1 aromatic carbocycles. The Balaban J connectivity index is 1.74. The molecule has 0 aliphatic rings. The third-order valence-electron chi connectivity index (χ3n) is 2.38. The second-order valence-corrected chi connectivity index (χ2v) is 4.89. The molecule has 0 aliphatic heterocycles. The van der Waals surface area contributed by atoms with Gasteiger partial charge >= 0.3 is 0 Å². The highest BCUT2D eigenvalue weighted by Gasteiger charge is 2.03. The van der Waals surface area contributed by atoms with Crippen LogP contribution in [0, 0.1) is 5.82 Å². The molecule has 0 bridgehead atoms. The van der Waals surface area contributed by atoms with Crippen molar-refractivity contribution in [3.63, 3.8) is 0 Å². The molecule has 1 N–H and O–H groups in total. The van der Waals surface area contributed by atoms with E-state index >= 15 is 0 Å². The summed E-state index contributed by atoms with van der Waals surface area (Å²) in [6.45, 7) is 0.420. The number of thioether (sulfide) groups is 1. The van der Waals surface area contributed by atoms with Gasteiger partial charge in [0.05, 0.1) is 18.0 Å². The van der Waals surface area contributed by atoms with E-state index in [1.165, 1.54) is 23.9 Å². The highest BCUT2D eigenvalue weighted by atomic mass is 32.2. The largest absolute Gasteiger partial charge is 0.350 e. The SMILES string of the molecule is O=C(CSc1ccc(F)cc1)NCc1ccccn1. The number of nitrogens with one attached hydrogen (secondary N) is 1. The van der Waals surface area contributed by atoms with E-state index in [1.807, 2.05) is 18.2 Å². The molecular weight excluding hydrogens is 263 g/mol. The number of hydrogen-bond acceptors (Lipinski definition) is 3. The summed E-state index contributed by atoms with van der Waals surface area (Å²) < 4.78 is 12.7. The van der Waals surface area contributed by atoms with Crippen LogP contribution in [0.5, 0.6) is 0 Å². The number of hydrogen-bond donors (Lipinski definition) is 1. The number of rotatable bonds is 5. The Morgan fingerprint density at radius 1 is 1.21 bits per heavy atom. The predicted octanol–water partition coefficient (Wildman–Crippen LogP) is 2.63. The maximum Gasteiger partial charge on any atom is 0.230 e. The minimum absolute atomic E-state index is 0.0695. The molecule has 1 amide bonds. The Kier molecular flexibility index (Phi) is 4.92. The fraction of sp³-hybridized carbons (Fsp3) is 0.143. The summed E-state index contributed by atoms with van der Waals surface area (Å²) in [6, 6.07) is 11.6. The fourth-order valence-corrected chi connectivity index (χ4v) is 2.15. The van der Waals surface area contributed by atoms with Crippen molar-refractivity contribution in [1.29, 1.82) is 0 Å². The molecule has 0 unspecified atom stereocenters. The number of benzene rings is 1. The topological polar surface area (TPSA) is 42.0 Å². The Hall–Kier alpha value is -1.88. The molecule has 1 heterocycles. The van der Waals surface area contributed by atoms with Crippen molar-refractivity contribution in [2.24, 2.45) is 0 Å².